The summed E-state index contributed by atoms with van der Waals surface area (Å²) >= 11 is 1.36. The maximum absolute atomic E-state index is 14.0. The number of ether oxygens (including phenoxy) is 4. The van der Waals surface area contributed by atoms with Crippen LogP contribution in [0.15, 0.2) is 29.6 Å². The molecule has 0 saturated heterocycles. The molecule has 4 atom stereocenters. The fraction of sp³-hybridized carbons (Fsp3) is 0.500. The highest BCUT2D eigenvalue weighted by atomic mass is 32.2. The van der Waals surface area contributed by atoms with Gasteiger partial charge in [0.05, 0.1) is 18.9 Å². The van der Waals surface area contributed by atoms with E-state index in [1.54, 1.807) is 13.2 Å². The van der Waals surface area contributed by atoms with E-state index in [2.05, 4.69) is 15.3 Å². The van der Waals surface area contributed by atoms with Gasteiger partial charge in [0, 0.05) is 31.1 Å². The van der Waals surface area contributed by atoms with E-state index < -0.39 is 11.1 Å². The van der Waals surface area contributed by atoms with Gasteiger partial charge in [-0.15, -0.1) is 0 Å². The van der Waals surface area contributed by atoms with Crippen LogP contribution < -0.4 is 10.1 Å². The van der Waals surface area contributed by atoms with Gasteiger partial charge in [-0.2, -0.15) is 0 Å². The predicted octanol–water partition coefficient (Wildman–Crippen LogP) is 4.03. The van der Waals surface area contributed by atoms with Crippen LogP contribution in [0.2, 0.25) is 0 Å². The first-order valence-corrected chi connectivity index (χ1v) is 11.3. The number of thioether (sulfide) groups is 1. The second-order valence-corrected chi connectivity index (χ2v) is 8.94. The molecule has 1 saturated carbocycles. The Kier molecular flexibility index (Phi) is 7.12. The lowest BCUT2D eigenvalue weighted by atomic mass is 9.99. The summed E-state index contributed by atoms with van der Waals surface area (Å²) in [5, 5.41) is 3.60. The maximum atomic E-state index is 14.0. The Labute approximate surface area is 190 Å². The van der Waals surface area contributed by atoms with E-state index in [0.29, 0.717) is 23.7 Å². The molecule has 4 rings (SSSR count). The third kappa shape index (κ3) is 4.82. The van der Waals surface area contributed by atoms with Crippen molar-refractivity contribution in [2.75, 3.05) is 26.3 Å². The van der Waals surface area contributed by atoms with Crippen molar-refractivity contribution in [1.82, 2.24) is 9.97 Å². The molecule has 10 heteroatoms. The average molecular weight is 464 g/mol. The molecule has 2 unspecified atom stereocenters. The van der Waals surface area contributed by atoms with Crippen molar-refractivity contribution in [3.05, 3.63) is 35.9 Å². The minimum atomic E-state index is -0.390. The fourth-order valence-corrected chi connectivity index (χ4v) is 5.34. The number of anilines is 2. The molecule has 1 aromatic heterocycles. The van der Waals surface area contributed by atoms with Crippen LogP contribution in [0.5, 0.6) is 5.75 Å². The molecule has 1 aromatic carbocycles. The van der Waals surface area contributed by atoms with E-state index in [-0.39, 0.29) is 30.9 Å². The van der Waals surface area contributed by atoms with Gasteiger partial charge in [0.1, 0.15) is 46.9 Å². The van der Waals surface area contributed by atoms with Crippen LogP contribution in [0.4, 0.5) is 15.9 Å². The first-order valence-electron chi connectivity index (χ1n) is 10.4. The second-order valence-electron chi connectivity index (χ2n) is 7.80. The number of rotatable bonds is 8. The lowest BCUT2D eigenvalue weighted by Crippen LogP contribution is -2.21. The molecule has 0 spiro atoms. The molecule has 32 heavy (non-hydrogen) atoms. The minimum absolute atomic E-state index is 0.0585. The Balaban J connectivity index is 1.53. The van der Waals surface area contributed by atoms with Crippen LogP contribution in [0.1, 0.15) is 37.7 Å². The number of carbonyl (C=O) groups is 1. The van der Waals surface area contributed by atoms with Gasteiger partial charge in [-0.05, 0) is 25.0 Å². The van der Waals surface area contributed by atoms with E-state index in [4.69, 9.17) is 18.9 Å². The smallest absolute Gasteiger partial charge is 0.319 e. The van der Waals surface area contributed by atoms with Gasteiger partial charge in [0.15, 0.2) is 0 Å². The molecule has 8 nitrogen and oxygen atoms in total. The first kappa shape index (κ1) is 22.8. The minimum Gasteiger partial charge on any atom is -0.488 e. The van der Waals surface area contributed by atoms with Gasteiger partial charge in [-0.25, -0.2) is 14.4 Å². The molecule has 2 aliphatic rings. The average Bonchev–Trinajstić information content (AvgIpc) is 3.38. The summed E-state index contributed by atoms with van der Waals surface area (Å²) in [6.07, 6.45) is 3.78. The number of fused-ring (bicyclic) bond motifs is 1. The van der Waals surface area contributed by atoms with Crippen LogP contribution >= 0.6 is 11.8 Å². The molecule has 0 amide bonds. The maximum Gasteiger partial charge on any atom is 0.319 e. The standard InChI is InChI=1S/C22H26FN3O5S/c1-12-18-20(24-10-25-21(18)32-19(12)22(27)29-3)26-16-7-4-13(23)8-17(16)31-15-6-5-14(9-15)30-11-28-2/h4,7-8,10,12,14-15,19H,5-6,9,11H2,1-3H3,(H,24,25,26)/t12?,14-,15-,19?/m0/s1. The van der Waals surface area contributed by atoms with Gasteiger partial charge >= 0.3 is 5.97 Å². The Morgan fingerprint density at radius 2 is 2.06 bits per heavy atom. The largest absolute Gasteiger partial charge is 0.488 e. The zero-order valence-electron chi connectivity index (χ0n) is 18.2. The quantitative estimate of drug-likeness (QED) is 0.354. The number of hydrogen-bond donors (Lipinski definition) is 1. The zero-order chi connectivity index (χ0) is 22.7. The number of aromatic nitrogens is 2. The highest BCUT2D eigenvalue weighted by Gasteiger charge is 2.39. The molecular weight excluding hydrogens is 437 g/mol. The molecule has 1 N–H and O–H groups in total. The Morgan fingerprint density at radius 1 is 1.25 bits per heavy atom. The van der Waals surface area contributed by atoms with Crippen LogP contribution in [-0.4, -0.2) is 54.4 Å². The van der Waals surface area contributed by atoms with Gasteiger partial charge in [0.2, 0.25) is 0 Å². The number of nitrogens with one attached hydrogen (secondary N) is 1. The molecule has 1 aliphatic heterocycles. The Bertz CT molecular complexity index is 979. The van der Waals surface area contributed by atoms with Gasteiger partial charge in [0.25, 0.3) is 0 Å². The van der Waals surface area contributed by atoms with Crippen LogP contribution in [0.3, 0.4) is 0 Å². The van der Waals surface area contributed by atoms with Crippen molar-refractivity contribution in [3.63, 3.8) is 0 Å². The number of methoxy groups -OCH3 is 2. The summed E-state index contributed by atoms with van der Waals surface area (Å²) in [6.45, 7) is 2.18. The number of benzene rings is 1. The number of nitrogens with zero attached hydrogens (tertiary/aromatic N) is 2. The topological polar surface area (TPSA) is 91.8 Å². The van der Waals surface area contributed by atoms with Gasteiger partial charge in [-0.1, -0.05) is 18.7 Å². The first-order chi connectivity index (χ1) is 15.5. The number of esters is 1. The monoisotopic (exact) mass is 463 g/mol. The summed E-state index contributed by atoms with van der Waals surface area (Å²) in [5.74, 6) is 0.120. The van der Waals surface area contributed by atoms with E-state index >= 15 is 0 Å². The second kappa shape index (κ2) is 10.0. The fourth-order valence-electron chi connectivity index (χ4n) is 4.05. The molecule has 2 aromatic rings. The molecule has 1 aliphatic carbocycles. The number of carbonyl (C=O) groups excluding carboxylic acids is 1. The molecule has 0 radical (unpaired) electrons. The summed E-state index contributed by atoms with van der Waals surface area (Å²) in [6, 6.07) is 4.35. The molecule has 0 bridgehead atoms. The van der Waals surface area contributed by atoms with Crippen LogP contribution in [0, 0.1) is 5.82 Å². The molecule has 172 valence electrons. The van der Waals surface area contributed by atoms with Crippen LogP contribution in [0.25, 0.3) is 0 Å². The third-order valence-electron chi connectivity index (χ3n) is 5.68. The highest BCUT2D eigenvalue weighted by molar-refractivity contribution is 8.00. The van der Waals surface area contributed by atoms with E-state index in [9.17, 15) is 9.18 Å². The Morgan fingerprint density at radius 3 is 2.84 bits per heavy atom. The Hall–Kier alpha value is -2.43. The van der Waals surface area contributed by atoms with Gasteiger partial charge < -0.3 is 24.3 Å². The van der Waals surface area contributed by atoms with Gasteiger partial charge in [-0.3, -0.25) is 4.79 Å². The number of halogens is 1. The van der Waals surface area contributed by atoms with Crippen molar-refractivity contribution in [3.8, 4) is 5.75 Å². The van der Waals surface area contributed by atoms with E-state index in [1.807, 2.05) is 6.92 Å². The summed E-state index contributed by atoms with van der Waals surface area (Å²) < 4.78 is 35.7. The summed E-state index contributed by atoms with van der Waals surface area (Å²) in [4.78, 5) is 20.9. The molecule has 2 heterocycles. The van der Waals surface area contributed by atoms with Crippen molar-refractivity contribution < 1.29 is 28.1 Å². The summed E-state index contributed by atoms with van der Waals surface area (Å²) in [5.41, 5.74) is 1.42. The molecular formula is C22H26FN3O5S. The van der Waals surface area contributed by atoms with E-state index in [0.717, 1.165) is 23.4 Å². The normalized spacial score (nSPS) is 24.2. The van der Waals surface area contributed by atoms with Crippen molar-refractivity contribution in [2.24, 2.45) is 0 Å². The number of hydrogen-bond acceptors (Lipinski definition) is 9. The SMILES string of the molecule is COCO[C@H]1CC[C@H](Oc2cc(F)ccc2Nc2ncnc3c2C(C)C(C(=O)OC)S3)C1. The van der Waals surface area contributed by atoms with Crippen LogP contribution in [-0.2, 0) is 19.0 Å². The third-order valence-corrected chi connectivity index (χ3v) is 7.08. The van der Waals surface area contributed by atoms with E-state index in [1.165, 1.54) is 37.3 Å². The summed E-state index contributed by atoms with van der Waals surface area (Å²) in [7, 11) is 2.96. The molecule has 1 fully saturated rings. The van der Waals surface area contributed by atoms with Crippen molar-refractivity contribution in [1.29, 1.82) is 0 Å². The highest BCUT2D eigenvalue weighted by Crippen LogP contribution is 2.48. The zero-order valence-corrected chi connectivity index (χ0v) is 19.0. The van der Waals surface area contributed by atoms with Crippen molar-refractivity contribution in [2.45, 2.75) is 54.6 Å². The lowest BCUT2D eigenvalue weighted by Gasteiger charge is -2.19. The lowest BCUT2D eigenvalue weighted by molar-refractivity contribution is -0.140. The van der Waals surface area contributed by atoms with Crippen molar-refractivity contribution >= 4 is 29.2 Å². The predicted molar refractivity (Wildman–Crippen MR) is 117 cm³/mol.